The zero-order valence-electron chi connectivity index (χ0n) is 15.2. The highest BCUT2D eigenvalue weighted by molar-refractivity contribution is 5.89. The summed E-state index contributed by atoms with van der Waals surface area (Å²) in [5.74, 6) is -1.22. The minimum absolute atomic E-state index is 0.0424. The largest absolute Gasteiger partial charge is 0.507 e. The number of nitrogens with zero attached hydrogens (tertiary/aromatic N) is 1. The van der Waals surface area contributed by atoms with Gasteiger partial charge in [-0.1, -0.05) is 12.1 Å². The van der Waals surface area contributed by atoms with Gasteiger partial charge in [-0.15, -0.1) is 0 Å². The van der Waals surface area contributed by atoms with Gasteiger partial charge >= 0.3 is 0 Å². The number of likely N-dealkylation sites (tertiary alicyclic amines) is 1. The lowest BCUT2D eigenvalue weighted by Crippen LogP contribution is -2.32. The molecule has 1 aliphatic heterocycles. The van der Waals surface area contributed by atoms with Crippen LogP contribution in [0.5, 0.6) is 11.5 Å². The fourth-order valence-corrected chi connectivity index (χ4v) is 4.08. The molecule has 2 aromatic carbocycles. The molecule has 0 saturated carbocycles. The first-order valence-electron chi connectivity index (χ1n) is 9.00. The van der Waals surface area contributed by atoms with Gasteiger partial charge in [0.05, 0.1) is 6.61 Å². The van der Waals surface area contributed by atoms with Crippen molar-refractivity contribution < 1.29 is 24.1 Å². The summed E-state index contributed by atoms with van der Waals surface area (Å²) < 4.78 is 19.6. The van der Waals surface area contributed by atoms with E-state index in [0.717, 1.165) is 6.07 Å². The quantitative estimate of drug-likeness (QED) is 0.642. The van der Waals surface area contributed by atoms with Gasteiger partial charge in [-0.25, -0.2) is 4.39 Å². The maximum atomic E-state index is 13.6. The fraction of sp³-hybridized carbons (Fsp3) is 0.286. The molecule has 1 saturated heterocycles. The normalized spacial score (nSPS) is 20.1. The number of aromatic hydroxyl groups is 2. The van der Waals surface area contributed by atoms with E-state index in [-0.39, 0.29) is 46.8 Å². The molecule has 0 radical (unpaired) electrons. The number of hydrogen-bond acceptors (Lipinski definition) is 6. The van der Waals surface area contributed by atoms with Crippen molar-refractivity contribution in [1.82, 2.24) is 4.90 Å². The first-order valence-corrected chi connectivity index (χ1v) is 9.00. The van der Waals surface area contributed by atoms with Crippen LogP contribution in [0.2, 0.25) is 0 Å². The SMILES string of the molecule is CN1CC[C@H](c2c(O)cc(O)c3c(=O)cc(-c4cccc(F)c4)oc23)[C@H]1CO. The molecule has 0 unspecified atom stereocenters. The first kappa shape index (κ1) is 18.5. The van der Waals surface area contributed by atoms with Gasteiger partial charge in [0.15, 0.2) is 5.43 Å². The van der Waals surface area contributed by atoms with E-state index in [1.54, 1.807) is 6.07 Å². The van der Waals surface area contributed by atoms with E-state index in [9.17, 15) is 24.5 Å². The van der Waals surface area contributed by atoms with Gasteiger partial charge in [0.1, 0.15) is 34.0 Å². The van der Waals surface area contributed by atoms with Crippen molar-refractivity contribution in [2.24, 2.45) is 0 Å². The molecule has 7 heteroatoms. The monoisotopic (exact) mass is 385 g/mol. The zero-order chi connectivity index (χ0) is 20.0. The van der Waals surface area contributed by atoms with Gasteiger partial charge in [-0.2, -0.15) is 0 Å². The molecule has 6 nitrogen and oxygen atoms in total. The minimum Gasteiger partial charge on any atom is -0.507 e. The van der Waals surface area contributed by atoms with Crippen LogP contribution in [0.25, 0.3) is 22.3 Å². The number of halogens is 1. The van der Waals surface area contributed by atoms with Crippen molar-refractivity contribution in [3.05, 3.63) is 58.0 Å². The van der Waals surface area contributed by atoms with Crippen molar-refractivity contribution in [3.63, 3.8) is 0 Å². The Kier molecular flexibility index (Phi) is 4.56. The topological polar surface area (TPSA) is 94.1 Å². The van der Waals surface area contributed by atoms with Gasteiger partial charge in [-0.3, -0.25) is 4.79 Å². The molecule has 1 fully saturated rings. The highest BCUT2D eigenvalue weighted by Gasteiger charge is 2.36. The second-order valence-electron chi connectivity index (χ2n) is 7.14. The van der Waals surface area contributed by atoms with E-state index in [1.807, 2.05) is 11.9 Å². The third-order valence-corrected chi connectivity index (χ3v) is 5.49. The van der Waals surface area contributed by atoms with Crippen LogP contribution in [0, 0.1) is 5.82 Å². The van der Waals surface area contributed by atoms with Crippen molar-refractivity contribution in [2.45, 2.75) is 18.4 Å². The molecule has 1 aromatic heterocycles. The Morgan fingerprint density at radius 1 is 1.21 bits per heavy atom. The van der Waals surface area contributed by atoms with Gasteiger partial charge < -0.3 is 24.6 Å². The minimum atomic E-state index is -0.494. The molecule has 2 atom stereocenters. The molecule has 3 N–H and O–H groups in total. The first-order chi connectivity index (χ1) is 13.4. The average molecular weight is 385 g/mol. The number of phenolic OH excluding ortho intramolecular Hbond substituents is 2. The number of phenols is 2. The Labute approximate surface area is 160 Å². The summed E-state index contributed by atoms with van der Waals surface area (Å²) in [6.45, 7) is 0.572. The maximum Gasteiger partial charge on any atom is 0.197 e. The molecule has 3 aromatic rings. The Morgan fingerprint density at radius 2 is 2.00 bits per heavy atom. The molecular weight excluding hydrogens is 365 g/mol. The summed E-state index contributed by atoms with van der Waals surface area (Å²) >= 11 is 0. The number of fused-ring (bicyclic) bond motifs is 1. The summed E-state index contributed by atoms with van der Waals surface area (Å²) in [5.41, 5.74) is 0.302. The Morgan fingerprint density at radius 3 is 2.71 bits per heavy atom. The van der Waals surface area contributed by atoms with E-state index in [1.165, 1.54) is 24.3 Å². The fourth-order valence-electron chi connectivity index (χ4n) is 4.08. The summed E-state index contributed by atoms with van der Waals surface area (Å²) in [4.78, 5) is 14.7. The lowest BCUT2D eigenvalue weighted by Gasteiger charge is -2.24. The van der Waals surface area contributed by atoms with Gasteiger partial charge in [0.25, 0.3) is 0 Å². The third-order valence-electron chi connectivity index (χ3n) is 5.49. The summed E-state index contributed by atoms with van der Waals surface area (Å²) in [7, 11) is 1.87. The predicted molar refractivity (Wildman–Crippen MR) is 102 cm³/mol. The summed E-state index contributed by atoms with van der Waals surface area (Å²) in [6, 6.07) is 7.70. The Hall–Kier alpha value is -2.90. The van der Waals surface area contributed by atoms with Crippen LogP contribution in [0.3, 0.4) is 0 Å². The Balaban J connectivity index is 2.01. The van der Waals surface area contributed by atoms with Crippen LogP contribution in [0.15, 0.2) is 45.6 Å². The van der Waals surface area contributed by atoms with Crippen LogP contribution < -0.4 is 5.43 Å². The van der Waals surface area contributed by atoms with E-state index >= 15 is 0 Å². The van der Waals surface area contributed by atoms with Crippen molar-refractivity contribution >= 4 is 11.0 Å². The highest BCUT2D eigenvalue weighted by atomic mass is 19.1. The van der Waals surface area contributed by atoms with E-state index in [0.29, 0.717) is 24.1 Å². The van der Waals surface area contributed by atoms with Crippen LogP contribution in [0.1, 0.15) is 17.9 Å². The van der Waals surface area contributed by atoms with Gasteiger partial charge in [0, 0.05) is 35.2 Å². The number of hydrogen-bond donors (Lipinski definition) is 3. The molecule has 28 heavy (non-hydrogen) atoms. The molecule has 0 aliphatic carbocycles. The molecule has 0 bridgehead atoms. The lowest BCUT2D eigenvalue weighted by molar-refractivity contribution is 0.172. The molecule has 4 rings (SSSR count). The molecule has 1 aliphatic rings. The van der Waals surface area contributed by atoms with Crippen LogP contribution >= 0.6 is 0 Å². The lowest BCUT2D eigenvalue weighted by atomic mass is 9.89. The van der Waals surface area contributed by atoms with Crippen molar-refractivity contribution in [2.75, 3.05) is 20.2 Å². The molecule has 146 valence electrons. The third kappa shape index (κ3) is 2.93. The van der Waals surface area contributed by atoms with E-state index in [2.05, 4.69) is 0 Å². The smallest absolute Gasteiger partial charge is 0.197 e. The number of benzene rings is 2. The Bertz CT molecular complexity index is 1110. The van der Waals surface area contributed by atoms with E-state index in [4.69, 9.17) is 4.42 Å². The van der Waals surface area contributed by atoms with Crippen molar-refractivity contribution in [1.29, 1.82) is 0 Å². The second-order valence-corrected chi connectivity index (χ2v) is 7.14. The number of likely N-dealkylation sites (N-methyl/N-ethyl adjacent to an activating group) is 1. The second kappa shape index (κ2) is 6.92. The van der Waals surface area contributed by atoms with Crippen LogP contribution in [0.4, 0.5) is 4.39 Å². The summed E-state index contributed by atoms with van der Waals surface area (Å²) in [5, 5.41) is 30.6. The van der Waals surface area contributed by atoms with Crippen molar-refractivity contribution in [3.8, 4) is 22.8 Å². The maximum absolute atomic E-state index is 13.6. The van der Waals surface area contributed by atoms with Crippen LogP contribution in [-0.4, -0.2) is 46.5 Å². The number of aliphatic hydroxyl groups is 1. The van der Waals surface area contributed by atoms with Gasteiger partial charge in [-0.05, 0) is 32.1 Å². The average Bonchev–Trinajstić information content (AvgIpc) is 3.01. The number of aliphatic hydroxyl groups excluding tert-OH is 1. The highest BCUT2D eigenvalue weighted by Crippen LogP contribution is 2.44. The van der Waals surface area contributed by atoms with Crippen LogP contribution in [-0.2, 0) is 0 Å². The standard InChI is InChI=1S/C21H20FNO5/c1-23-6-5-13(14(23)10-24)19-15(25)8-16(26)20-17(27)9-18(28-21(19)20)11-3-2-4-12(22)7-11/h2-4,7-9,13-14,24-26H,5-6,10H2,1H3/t13-,14+/m0/s1. The zero-order valence-corrected chi connectivity index (χ0v) is 15.2. The summed E-state index contributed by atoms with van der Waals surface area (Å²) in [6.07, 6.45) is 0.642. The van der Waals surface area contributed by atoms with E-state index < -0.39 is 11.2 Å². The molecule has 0 spiro atoms. The predicted octanol–water partition coefficient (Wildman–Crippen LogP) is 2.79. The number of rotatable bonds is 3. The van der Waals surface area contributed by atoms with Gasteiger partial charge in [0.2, 0.25) is 0 Å². The molecule has 0 amide bonds. The molecular formula is C21H20FNO5. The molecule has 2 heterocycles.